The Morgan fingerprint density at radius 3 is 2.92 bits per heavy atom. The second-order valence-electron chi connectivity index (χ2n) is 5.59. The molecule has 0 fully saturated rings. The van der Waals surface area contributed by atoms with Gasteiger partial charge in [0, 0.05) is 11.3 Å². The lowest BCUT2D eigenvalue weighted by Gasteiger charge is -2.19. The van der Waals surface area contributed by atoms with Crippen LogP contribution in [0.4, 0.5) is 0 Å². The Morgan fingerprint density at radius 1 is 1.29 bits per heavy atom. The monoisotopic (exact) mass is 344 g/mol. The third kappa shape index (κ3) is 3.57. The smallest absolute Gasteiger partial charge is 0.309 e. The molecule has 2 aromatic rings. The summed E-state index contributed by atoms with van der Waals surface area (Å²) in [4.78, 5) is 11.6. The summed E-state index contributed by atoms with van der Waals surface area (Å²) < 4.78 is 10.7. The molecule has 5 heteroatoms. The van der Waals surface area contributed by atoms with Gasteiger partial charge in [0.15, 0.2) is 0 Å². The zero-order chi connectivity index (χ0) is 16.9. The van der Waals surface area contributed by atoms with Crippen molar-refractivity contribution < 1.29 is 19.4 Å². The highest BCUT2D eigenvalue weighted by molar-refractivity contribution is 7.99. The lowest BCUT2D eigenvalue weighted by Crippen LogP contribution is -2.06. The number of methoxy groups -OCH3 is 1. The van der Waals surface area contributed by atoms with Crippen LogP contribution >= 0.6 is 11.8 Å². The molecule has 0 radical (unpaired) electrons. The number of thioether (sulfide) groups is 1. The van der Waals surface area contributed by atoms with Crippen LogP contribution in [0.25, 0.3) is 0 Å². The quantitative estimate of drug-likeness (QED) is 0.845. The number of aliphatic hydroxyl groups is 1. The zero-order valence-corrected chi connectivity index (χ0v) is 14.3. The number of aliphatic hydroxyl groups excluding tert-OH is 1. The van der Waals surface area contributed by atoms with E-state index in [1.54, 1.807) is 11.8 Å². The Morgan fingerprint density at radius 2 is 2.12 bits per heavy atom. The van der Waals surface area contributed by atoms with E-state index in [1.807, 2.05) is 30.3 Å². The molecule has 4 nitrogen and oxygen atoms in total. The van der Waals surface area contributed by atoms with Crippen LogP contribution in [0.15, 0.2) is 42.5 Å². The Balaban J connectivity index is 2.02. The topological polar surface area (TPSA) is 55.8 Å². The number of ether oxygens (including phenoxy) is 2. The molecule has 1 aliphatic heterocycles. The molecule has 0 bridgehead atoms. The van der Waals surface area contributed by atoms with Gasteiger partial charge >= 0.3 is 5.97 Å². The van der Waals surface area contributed by atoms with Gasteiger partial charge in [-0.2, -0.15) is 0 Å². The lowest BCUT2D eigenvalue weighted by molar-refractivity contribution is -0.139. The summed E-state index contributed by atoms with van der Waals surface area (Å²) >= 11 is 1.68. The molecule has 0 saturated carbocycles. The molecule has 0 aromatic heterocycles. The van der Waals surface area contributed by atoms with Gasteiger partial charge in [0.2, 0.25) is 0 Å². The normalized spacial score (nSPS) is 15.7. The Kier molecular flexibility index (Phi) is 5.43. The van der Waals surface area contributed by atoms with E-state index in [4.69, 9.17) is 9.47 Å². The van der Waals surface area contributed by atoms with Crippen LogP contribution < -0.4 is 4.74 Å². The van der Waals surface area contributed by atoms with Gasteiger partial charge in [-0.15, -0.1) is 11.8 Å². The minimum Gasteiger partial charge on any atom is -0.489 e. The molecule has 0 aliphatic carbocycles. The molecule has 1 aliphatic rings. The Labute approximate surface area is 145 Å². The second-order valence-corrected chi connectivity index (χ2v) is 6.80. The van der Waals surface area contributed by atoms with Gasteiger partial charge in [-0.05, 0) is 22.8 Å². The highest BCUT2D eigenvalue weighted by Gasteiger charge is 2.25. The number of benzene rings is 2. The van der Waals surface area contributed by atoms with Crippen LogP contribution in [0.3, 0.4) is 0 Å². The number of fused-ring (bicyclic) bond motifs is 2. The summed E-state index contributed by atoms with van der Waals surface area (Å²) in [5, 5.41) is 9.33. The van der Waals surface area contributed by atoms with E-state index in [0.29, 0.717) is 12.4 Å². The van der Waals surface area contributed by atoms with Crippen molar-refractivity contribution in [1.82, 2.24) is 0 Å². The molecule has 1 atom stereocenters. The minimum atomic E-state index is -0.260. The first kappa shape index (κ1) is 16.9. The molecule has 0 amide bonds. The summed E-state index contributed by atoms with van der Waals surface area (Å²) in [6.07, 6.45) is 0.239. The zero-order valence-electron chi connectivity index (χ0n) is 13.5. The van der Waals surface area contributed by atoms with Crippen molar-refractivity contribution in [3.8, 4) is 5.75 Å². The van der Waals surface area contributed by atoms with Crippen molar-refractivity contribution in [2.45, 2.75) is 18.3 Å². The molecular formula is C19H20O4S. The first-order valence-electron chi connectivity index (χ1n) is 7.85. The number of esters is 1. The van der Waals surface area contributed by atoms with Crippen LogP contribution in [0, 0.1) is 0 Å². The number of carbonyl (C=O) groups excluding carboxylic acids is 1. The van der Waals surface area contributed by atoms with Crippen molar-refractivity contribution in [2.75, 3.05) is 19.5 Å². The SMILES string of the molecule is COC(=O)Cc1ccc2c(c1)C(SCCO)c1ccccc1CO2. The third-order valence-electron chi connectivity index (χ3n) is 4.03. The molecule has 1 N–H and O–H groups in total. The van der Waals surface area contributed by atoms with Gasteiger partial charge in [-0.3, -0.25) is 4.79 Å². The van der Waals surface area contributed by atoms with Gasteiger partial charge in [0.05, 0.1) is 25.4 Å². The Bertz CT molecular complexity index is 729. The number of hydrogen-bond donors (Lipinski definition) is 1. The molecule has 1 unspecified atom stereocenters. The van der Waals surface area contributed by atoms with Crippen molar-refractivity contribution >= 4 is 17.7 Å². The van der Waals surface area contributed by atoms with Gasteiger partial charge in [0.1, 0.15) is 12.4 Å². The first-order valence-corrected chi connectivity index (χ1v) is 8.90. The van der Waals surface area contributed by atoms with Crippen LogP contribution in [0.1, 0.15) is 27.5 Å². The summed E-state index contributed by atoms with van der Waals surface area (Å²) in [5.41, 5.74) is 4.29. The van der Waals surface area contributed by atoms with E-state index in [9.17, 15) is 9.90 Å². The van der Waals surface area contributed by atoms with E-state index in [2.05, 4.69) is 12.1 Å². The van der Waals surface area contributed by atoms with Crippen LogP contribution in [-0.4, -0.2) is 30.5 Å². The molecule has 126 valence electrons. The largest absolute Gasteiger partial charge is 0.489 e. The Hall–Kier alpha value is -1.98. The van der Waals surface area contributed by atoms with Crippen LogP contribution in [0.5, 0.6) is 5.75 Å². The molecule has 3 rings (SSSR count). The minimum absolute atomic E-state index is 0.0726. The highest BCUT2D eigenvalue weighted by Crippen LogP contribution is 2.44. The summed E-state index contributed by atoms with van der Waals surface area (Å²) in [5.74, 6) is 1.21. The van der Waals surface area contributed by atoms with E-state index < -0.39 is 0 Å². The molecule has 1 heterocycles. The van der Waals surface area contributed by atoms with E-state index in [0.717, 1.165) is 22.4 Å². The van der Waals surface area contributed by atoms with E-state index in [1.165, 1.54) is 12.7 Å². The summed E-state index contributed by atoms with van der Waals surface area (Å²) in [6.45, 7) is 0.650. The van der Waals surface area contributed by atoms with Gasteiger partial charge in [0.25, 0.3) is 0 Å². The molecule has 0 saturated heterocycles. The fourth-order valence-electron chi connectivity index (χ4n) is 2.88. The van der Waals surface area contributed by atoms with E-state index >= 15 is 0 Å². The standard InChI is InChI=1S/C19H20O4S/c1-22-18(21)11-13-6-7-17-16(10-13)19(24-9-8-20)15-5-3-2-4-14(15)12-23-17/h2-7,10,19-20H,8-9,11-12H2,1H3. The fraction of sp³-hybridized carbons (Fsp3) is 0.316. The number of hydrogen-bond acceptors (Lipinski definition) is 5. The van der Waals surface area contributed by atoms with E-state index in [-0.39, 0.29) is 24.2 Å². The van der Waals surface area contributed by atoms with Crippen molar-refractivity contribution in [3.63, 3.8) is 0 Å². The lowest BCUT2D eigenvalue weighted by atomic mass is 9.98. The van der Waals surface area contributed by atoms with Crippen LogP contribution in [0.2, 0.25) is 0 Å². The van der Waals surface area contributed by atoms with Gasteiger partial charge in [-0.25, -0.2) is 0 Å². The predicted molar refractivity (Wildman–Crippen MR) is 94.3 cm³/mol. The summed E-state index contributed by atoms with van der Waals surface area (Å²) in [7, 11) is 1.39. The van der Waals surface area contributed by atoms with Crippen molar-refractivity contribution in [3.05, 3.63) is 64.7 Å². The highest BCUT2D eigenvalue weighted by atomic mass is 32.2. The van der Waals surface area contributed by atoms with Gasteiger partial charge in [-0.1, -0.05) is 36.4 Å². The second kappa shape index (κ2) is 7.73. The maximum Gasteiger partial charge on any atom is 0.309 e. The van der Waals surface area contributed by atoms with Crippen molar-refractivity contribution in [2.24, 2.45) is 0 Å². The molecule has 2 aromatic carbocycles. The molecule has 24 heavy (non-hydrogen) atoms. The maximum atomic E-state index is 11.6. The predicted octanol–water partition coefficient (Wildman–Crippen LogP) is 3.11. The third-order valence-corrected chi connectivity index (χ3v) is 5.29. The molecular weight excluding hydrogens is 324 g/mol. The average molecular weight is 344 g/mol. The van der Waals surface area contributed by atoms with Crippen LogP contribution in [-0.2, 0) is 22.6 Å². The summed E-state index contributed by atoms with van der Waals surface area (Å²) in [6, 6.07) is 14.1. The maximum absolute atomic E-state index is 11.6. The first-order chi connectivity index (χ1) is 11.7. The van der Waals surface area contributed by atoms with Gasteiger partial charge < -0.3 is 14.6 Å². The average Bonchev–Trinajstić information content (AvgIpc) is 2.76. The van der Waals surface area contributed by atoms with Crippen molar-refractivity contribution in [1.29, 1.82) is 0 Å². The number of rotatable bonds is 5. The number of carbonyl (C=O) groups is 1. The molecule has 0 spiro atoms. The fourth-order valence-corrected chi connectivity index (χ4v) is 3.99.